The fourth-order valence-corrected chi connectivity index (χ4v) is 5.04. The third-order valence-corrected chi connectivity index (χ3v) is 7.51. The summed E-state index contributed by atoms with van der Waals surface area (Å²) in [5.41, 5.74) is 4.12. The van der Waals surface area contributed by atoms with Crippen LogP contribution in [0.4, 0.5) is 11.4 Å². The minimum absolute atomic E-state index is 0.249. The molecule has 0 atom stereocenters. The topological polar surface area (TPSA) is 153 Å². The minimum Gasteiger partial charge on any atom is -0.416 e. The smallest absolute Gasteiger partial charge is 0.258 e. The minimum atomic E-state index is -0.399. The van der Waals surface area contributed by atoms with Crippen molar-refractivity contribution in [3.8, 4) is 45.8 Å². The molecule has 4 amide bonds. The van der Waals surface area contributed by atoms with E-state index in [9.17, 15) is 19.2 Å². The number of benzene rings is 3. The maximum Gasteiger partial charge on any atom is 0.258 e. The molecule has 12 heteroatoms. The van der Waals surface area contributed by atoms with Gasteiger partial charge in [0.15, 0.2) is 0 Å². The van der Waals surface area contributed by atoms with Crippen LogP contribution in [0, 0.1) is 0 Å². The Hall–Kier alpha value is -6.30. The molecular weight excluding hydrogens is 588 g/mol. The Morgan fingerprint density at radius 1 is 0.478 bits per heavy atom. The van der Waals surface area contributed by atoms with Crippen molar-refractivity contribution < 1.29 is 28.0 Å². The van der Waals surface area contributed by atoms with Gasteiger partial charge in [-0.25, -0.2) is 9.80 Å². The van der Waals surface area contributed by atoms with Crippen molar-refractivity contribution in [1.29, 1.82) is 0 Å². The molecule has 226 valence electrons. The van der Waals surface area contributed by atoms with Crippen LogP contribution in [0.3, 0.4) is 0 Å². The quantitative estimate of drug-likeness (QED) is 0.232. The third kappa shape index (κ3) is 5.11. The Bertz CT molecular complexity index is 1940. The summed E-state index contributed by atoms with van der Waals surface area (Å²) in [5, 5.41) is 17.0. The Morgan fingerprint density at radius 3 is 1.13 bits per heavy atom. The largest absolute Gasteiger partial charge is 0.416 e. The molecule has 0 radical (unpaired) electrons. The van der Waals surface area contributed by atoms with Crippen molar-refractivity contribution in [2.24, 2.45) is 0 Å². The Labute approximate surface area is 261 Å². The SMILES string of the molecule is CC(C)(C)c1cc(-c2nnc(-c3ccc(N4C(=O)C=CC4=O)cc3)o2)cc(-c2nnc(-c3ccc(N4C(=O)C=CC4=O)cc3)o2)c1. The zero-order chi connectivity index (χ0) is 32.2. The van der Waals surface area contributed by atoms with E-state index in [1.165, 1.54) is 24.3 Å². The molecule has 0 unspecified atom stereocenters. The Morgan fingerprint density at radius 2 is 0.804 bits per heavy atom. The molecule has 0 saturated heterocycles. The van der Waals surface area contributed by atoms with Crippen LogP contribution in [0.5, 0.6) is 0 Å². The first kappa shape index (κ1) is 28.5. The van der Waals surface area contributed by atoms with Crippen molar-refractivity contribution in [2.75, 3.05) is 9.80 Å². The van der Waals surface area contributed by atoms with Gasteiger partial charge in [0.2, 0.25) is 23.6 Å². The van der Waals surface area contributed by atoms with Crippen LogP contribution in [-0.4, -0.2) is 44.0 Å². The highest BCUT2D eigenvalue weighted by Gasteiger charge is 2.27. The highest BCUT2D eigenvalue weighted by atomic mass is 16.4. The molecule has 0 spiro atoms. The fraction of sp³-hybridized carbons (Fsp3) is 0.118. The summed E-state index contributed by atoms with van der Waals surface area (Å²) in [5.74, 6) is -0.522. The van der Waals surface area contributed by atoms with E-state index in [0.717, 1.165) is 15.4 Å². The summed E-state index contributed by atoms with van der Waals surface area (Å²) < 4.78 is 12.1. The van der Waals surface area contributed by atoms with E-state index in [1.54, 1.807) is 48.5 Å². The van der Waals surface area contributed by atoms with E-state index >= 15 is 0 Å². The fourth-order valence-electron chi connectivity index (χ4n) is 5.04. The predicted octanol–water partition coefficient (Wildman–Crippen LogP) is 5.28. The summed E-state index contributed by atoms with van der Waals surface area (Å²) in [6.07, 6.45) is 4.92. The molecule has 0 bridgehead atoms. The maximum absolute atomic E-state index is 12.0. The summed E-state index contributed by atoms with van der Waals surface area (Å²) in [6, 6.07) is 19.1. The molecule has 46 heavy (non-hydrogen) atoms. The highest BCUT2D eigenvalue weighted by molar-refractivity contribution is 6.28. The third-order valence-electron chi connectivity index (χ3n) is 7.51. The van der Waals surface area contributed by atoms with Gasteiger partial charge in [0.25, 0.3) is 23.6 Å². The second-order valence-corrected chi connectivity index (χ2v) is 11.7. The van der Waals surface area contributed by atoms with E-state index < -0.39 is 23.6 Å². The van der Waals surface area contributed by atoms with Crippen LogP contribution in [0.2, 0.25) is 0 Å². The molecule has 0 saturated carbocycles. The second kappa shape index (κ2) is 10.7. The van der Waals surface area contributed by atoms with Gasteiger partial charge in [-0.2, -0.15) is 0 Å². The van der Waals surface area contributed by atoms with Crippen molar-refractivity contribution in [1.82, 2.24) is 20.4 Å². The summed E-state index contributed by atoms with van der Waals surface area (Å²) in [6.45, 7) is 6.23. The second-order valence-electron chi connectivity index (χ2n) is 11.7. The summed E-state index contributed by atoms with van der Waals surface area (Å²) >= 11 is 0. The van der Waals surface area contributed by atoms with Gasteiger partial charge in [0.05, 0.1) is 11.4 Å². The van der Waals surface area contributed by atoms with E-state index in [0.29, 0.717) is 33.6 Å². The predicted molar refractivity (Wildman–Crippen MR) is 166 cm³/mol. The standard InChI is InChI=1S/C34H24N6O6/c1-34(2,3)23-17-21(32-37-35-30(45-32)19-4-8-24(9-5-19)39-26(41)12-13-27(39)42)16-22(18-23)33-38-36-31(46-33)20-6-10-25(11-7-20)40-28(43)14-15-29(40)44/h4-18H,1-3H3. The van der Waals surface area contributed by atoms with E-state index in [4.69, 9.17) is 8.83 Å². The van der Waals surface area contributed by atoms with Gasteiger partial charge in [-0.3, -0.25) is 19.2 Å². The van der Waals surface area contributed by atoms with Gasteiger partial charge >= 0.3 is 0 Å². The number of carbonyl (C=O) groups is 4. The normalized spacial score (nSPS) is 14.8. The first-order chi connectivity index (χ1) is 22.0. The van der Waals surface area contributed by atoms with E-state index in [-0.39, 0.29) is 29.0 Å². The number of anilines is 2. The van der Waals surface area contributed by atoms with Crippen LogP contribution in [0.15, 0.2) is 99.9 Å². The number of hydrogen-bond acceptors (Lipinski definition) is 10. The monoisotopic (exact) mass is 612 g/mol. The zero-order valence-electron chi connectivity index (χ0n) is 24.8. The lowest BCUT2D eigenvalue weighted by Gasteiger charge is -2.20. The number of amides is 4. The van der Waals surface area contributed by atoms with Gasteiger partial charge in [-0.1, -0.05) is 20.8 Å². The molecule has 2 aliphatic heterocycles. The summed E-state index contributed by atoms with van der Waals surface area (Å²) in [4.78, 5) is 50.2. The van der Waals surface area contributed by atoms with Crippen LogP contribution in [0.1, 0.15) is 26.3 Å². The number of hydrogen-bond donors (Lipinski definition) is 0. The molecule has 2 aromatic heterocycles. The number of carbonyl (C=O) groups excluding carboxylic acids is 4. The average Bonchev–Trinajstić information content (AvgIpc) is 3.85. The van der Waals surface area contributed by atoms with Crippen molar-refractivity contribution in [3.05, 3.63) is 96.6 Å². The average molecular weight is 613 g/mol. The highest BCUT2D eigenvalue weighted by Crippen LogP contribution is 2.35. The molecule has 0 N–H and O–H groups in total. The van der Waals surface area contributed by atoms with Crippen LogP contribution in [0.25, 0.3) is 45.8 Å². The summed E-state index contributed by atoms with van der Waals surface area (Å²) in [7, 11) is 0. The number of aromatic nitrogens is 4. The number of rotatable bonds is 6. The lowest BCUT2D eigenvalue weighted by atomic mass is 9.85. The molecule has 4 heterocycles. The molecule has 7 rings (SSSR count). The lowest BCUT2D eigenvalue weighted by molar-refractivity contribution is -0.121. The lowest BCUT2D eigenvalue weighted by Crippen LogP contribution is -2.29. The molecule has 5 aromatic rings. The molecule has 12 nitrogen and oxygen atoms in total. The van der Waals surface area contributed by atoms with Gasteiger partial charge < -0.3 is 8.83 Å². The van der Waals surface area contributed by atoms with Crippen molar-refractivity contribution in [3.63, 3.8) is 0 Å². The Balaban J connectivity index is 1.17. The molecule has 3 aromatic carbocycles. The Kier molecular flexibility index (Phi) is 6.62. The maximum atomic E-state index is 12.0. The van der Waals surface area contributed by atoms with Crippen molar-refractivity contribution in [2.45, 2.75) is 26.2 Å². The zero-order valence-corrected chi connectivity index (χ0v) is 24.8. The first-order valence-electron chi connectivity index (χ1n) is 14.2. The number of nitrogens with zero attached hydrogens (tertiary/aromatic N) is 6. The van der Waals surface area contributed by atoms with E-state index in [2.05, 4.69) is 41.2 Å². The van der Waals surface area contributed by atoms with Gasteiger partial charge in [0, 0.05) is 46.6 Å². The first-order valence-corrected chi connectivity index (χ1v) is 14.2. The molecule has 0 aliphatic carbocycles. The number of imide groups is 2. The van der Waals surface area contributed by atoms with Gasteiger partial charge in [-0.15, -0.1) is 20.4 Å². The van der Waals surface area contributed by atoms with Gasteiger partial charge in [0.1, 0.15) is 0 Å². The van der Waals surface area contributed by atoms with Crippen LogP contribution < -0.4 is 9.80 Å². The molecule has 2 aliphatic rings. The molecule has 0 fully saturated rings. The van der Waals surface area contributed by atoms with E-state index in [1.807, 2.05) is 18.2 Å². The van der Waals surface area contributed by atoms with Gasteiger partial charge in [-0.05, 0) is 77.7 Å². The van der Waals surface area contributed by atoms with Crippen LogP contribution >= 0.6 is 0 Å². The van der Waals surface area contributed by atoms with Crippen LogP contribution in [-0.2, 0) is 24.6 Å². The molecular formula is C34H24N6O6. The van der Waals surface area contributed by atoms with Crippen molar-refractivity contribution >= 4 is 35.0 Å².